The van der Waals surface area contributed by atoms with Gasteiger partial charge in [0.2, 0.25) is 0 Å². The molecule has 3 heteroatoms. The molecule has 2 heterocycles. The number of halogens is 1. The first kappa shape index (κ1) is 13.2. The molecule has 1 aliphatic rings. The van der Waals surface area contributed by atoms with E-state index in [0.29, 0.717) is 5.92 Å². The van der Waals surface area contributed by atoms with Crippen LogP contribution in [-0.4, -0.2) is 18.2 Å². The van der Waals surface area contributed by atoms with Crippen molar-refractivity contribution in [1.82, 2.24) is 9.88 Å². The Morgan fingerprint density at radius 1 is 1.42 bits per heavy atom. The van der Waals surface area contributed by atoms with Crippen molar-refractivity contribution in [2.75, 3.05) is 13.6 Å². The molecule has 1 aromatic heterocycles. The molecule has 0 fully saturated rings. The Morgan fingerprint density at radius 3 is 3.00 bits per heavy atom. The highest BCUT2D eigenvalue weighted by molar-refractivity contribution is 9.10. The summed E-state index contributed by atoms with van der Waals surface area (Å²) in [5, 5.41) is 4.71. The van der Waals surface area contributed by atoms with Gasteiger partial charge in [0, 0.05) is 29.1 Å². The second-order valence-electron chi connectivity index (χ2n) is 5.51. The van der Waals surface area contributed by atoms with E-state index in [1.54, 1.807) is 0 Å². The van der Waals surface area contributed by atoms with E-state index < -0.39 is 0 Å². The Bertz CT molecular complexity index is 600. The fraction of sp³-hybridized carbons (Fsp3) is 0.500. The van der Waals surface area contributed by atoms with Gasteiger partial charge in [-0.3, -0.25) is 0 Å². The topological polar surface area (TPSA) is 17.0 Å². The van der Waals surface area contributed by atoms with E-state index in [9.17, 15) is 0 Å². The Hall–Kier alpha value is -0.800. The molecule has 0 aliphatic carbocycles. The maximum Gasteiger partial charge on any atom is 0.0524 e. The molecule has 1 unspecified atom stereocenters. The number of nitrogens with one attached hydrogen (secondary N) is 1. The van der Waals surface area contributed by atoms with Gasteiger partial charge in [-0.25, -0.2) is 0 Å². The summed E-state index contributed by atoms with van der Waals surface area (Å²) in [6, 6.07) is 4.83. The quantitative estimate of drug-likeness (QED) is 0.898. The van der Waals surface area contributed by atoms with Crippen molar-refractivity contribution >= 4 is 26.8 Å². The van der Waals surface area contributed by atoms with Gasteiger partial charge in [-0.05, 0) is 65.4 Å². The molecule has 0 amide bonds. The second-order valence-corrected chi connectivity index (χ2v) is 6.37. The number of likely N-dealkylation sites (N-methyl/N-ethyl adjacent to an activating group) is 1. The molecule has 0 saturated heterocycles. The third kappa shape index (κ3) is 2.23. The molecule has 0 radical (unpaired) electrons. The summed E-state index contributed by atoms with van der Waals surface area (Å²) in [6.07, 6.45) is 5.91. The summed E-state index contributed by atoms with van der Waals surface area (Å²) < 4.78 is 3.65. The minimum absolute atomic E-state index is 0.614. The summed E-state index contributed by atoms with van der Waals surface area (Å²) in [4.78, 5) is 0. The summed E-state index contributed by atoms with van der Waals surface area (Å²) in [6.45, 7) is 4.49. The highest BCUT2D eigenvalue weighted by Gasteiger charge is 2.18. The Morgan fingerprint density at radius 2 is 2.26 bits per heavy atom. The van der Waals surface area contributed by atoms with E-state index in [4.69, 9.17) is 0 Å². The smallest absolute Gasteiger partial charge is 0.0524 e. The zero-order valence-electron chi connectivity index (χ0n) is 11.7. The first-order valence-electron chi connectivity index (χ1n) is 7.20. The van der Waals surface area contributed by atoms with Gasteiger partial charge in [-0.1, -0.05) is 13.0 Å². The van der Waals surface area contributed by atoms with Gasteiger partial charge in [-0.15, -0.1) is 0 Å². The highest BCUT2D eigenvalue weighted by atomic mass is 79.9. The lowest BCUT2D eigenvalue weighted by molar-refractivity contribution is 0.607. The standard InChI is InChI=1S/C16H21BrN2/c1-3-11(9-18-2)13-7-12-5-4-6-19-10-15(17)14(8-13)16(12)19/h7-8,10-11,18H,3-6,9H2,1-2H3. The van der Waals surface area contributed by atoms with Gasteiger partial charge in [0.15, 0.2) is 0 Å². The Kier molecular flexibility index (Phi) is 3.68. The normalized spacial score (nSPS) is 15.9. The molecule has 2 nitrogen and oxygen atoms in total. The van der Waals surface area contributed by atoms with Crippen LogP contribution in [0.25, 0.3) is 10.9 Å². The third-order valence-corrected chi connectivity index (χ3v) is 4.92. The number of nitrogens with zero attached hydrogens (tertiary/aromatic N) is 1. The van der Waals surface area contributed by atoms with Crippen molar-refractivity contribution in [3.05, 3.63) is 33.9 Å². The molecule has 3 rings (SSSR count). The number of hydrogen-bond donors (Lipinski definition) is 1. The van der Waals surface area contributed by atoms with E-state index in [0.717, 1.165) is 13.1 Å². The second kappa shape index (κ2) is 5.29. The first-order valence-corrected chi connectivity index (χ1v) is 7.99. The van der Waals surface area contributed by atoms with Crippen LogP contribution in [0.2, 0.25) is 0 Å². The zero-order valence-corrected chi connectivity index (χ0v) is 13.3. The van der Waals surface area contributed by atoms with Gasteiger partial charge < -0.3 is 9.88 Å². The molecule has 19 heavy (non-hydrogen) atoms. The average molecular weight is 321 g/mol. The third-order valence-electron chi connectivity index (χ3n) is 4.28. The van der Waals surface area contributed by atoms with Crippen molar-refractivity contribution in [2.24, 2.45) is 0 Å². The van der Waals surface area contributed by atoms with Crippen LogP contribution < -0.4 is 5.32 Å². The van der Waals surface area contributed by atoms with Crippen molar-refractivity contribution < 1.29 is 0 Å². The molecule has 1 atom stereocenters. The predicted molar refractivity (Wildman–Crippen MR) is 84.9 cm³/mol. The zero-order chi connectivity index (χ0) is 13.4. The summed E-state index contributed by atoms with van der Waals surface area (Å²) in [5.41, 5.74) is 4.46. The van der Waals surface area contributed by atoms with E-state index >= 15 is 0 Å². The van der Waals surface area contributed by atoms with Crippen LogP contribution in [0.4, 0.5) is 0 Å². The first-order chi connectivity index (χ1) is 9.24. The van der Waals surface area contributed by atoms with Crippen LogP contribution in [0.15, 0.2) is 22.8 Å². The lowest BCUT2D eigenvalue weighted by atomic mass is 9.91. The molecule has 0 saturated carbocycles. The van der Waals surface area contributed by atoms with Gasteiger partial charge >= 0.3 is 0 Å². The highest BCUT2D eigenvalue weighted by Crippen LogP contribution is 2.35. The van der Waals surface area contributed by atoms with Gasteiger partial charge in [0.05, 0.1) is 5.52 Å². The van der Waals surface area contributed by atoms with Gasteiger partial charge in [0.1, 0.15) is 0 Å². The molecule has 1 aromatic carbocycles. The average Bonchev–Trinajstić information content (AvgIpc) is 2.74. The van der Waals surface area contributed by atoms with Crippen molar-refractivity contribution in [3.8, 4) is 0 Å². The molecule has 1 N–H and O–H groups in total. The molecule has 102 valence electrons. The lowest BCUT2D eigenvalue weighted by Gasteiger charge is -2.20. The summed E-state index contributed by atoms with van der Waals surface area (Å²) in [7, 11) is 2.04. The minimum Gasteiger partial charge on any atom is -0.346 e. The number of benzene rings is 1. The van der Waals surface area contributed by atoms with Gasteiger partial charge in [-0.2, -0.15) is 0 Å². The van der Waals surface area contributed by atoms with E-state index in [-0.39, 0.29) is 0 Å². The van der Waals surface area contributed by atoms with Crippen molar-refractivity contribution in [3.63, 3.8) is 0 Å². The molecule has 0 spiro atoms. The van der Waals surface area contributed by atoms with Crippen LogP contribution >= 0.6 is 15.9 Å². The maximum absolute atomic E-state index is 3.73. The van der Waals surface area contributed by atoms with Crippen LogP contribution in [0, 0.1) is 0 Å². The number of hydrogen-bond acceptors (Lipinski definition) is 1. The Labute approximate surface area is 123 Å². The van der Waals surface area contributed by atoms with Crippen LogP contribution in [-0.2, 0) is 13.0 Å². The Balaban J connectivity index is 2.15. The molecule has 1 aliphatic heterocycles. The van der Waals surface area contributed by atoms with Crippen LogP contribution in [0.5, 0.6) is 0 Å². The van der Waals surface area contributed by atoms with E-state index in [1.807, 2.05) is 7.05 Å². The SMILES string of the molecule is CCC(CNC)c1cc2c3c(c1)c(Br)cn3CCC2. The van der Waals surface area contributed by atoms with Crippen LogP contribution in [0.3, 0.4) is 0 Å². The summed E-state index contributed by atoms with van der Waals surface area (Å²) >= 11 is 3.73. The molecule has 2 aromatic rings. The monoisotopic (exact) mass is 320 g/mol. The molecular weight excluding hydrogens is 300 g/mol. The fourth-order valence-electron chi connectivity index (χ4n) is 3.30. The van der Waals surface area contributed by atoms with E-state index in [2.05, 4.69) is 51.1 Å². The van der Waals surface area contributed by atoms with E-state index in [1.165, 1.54) is 45.8 Å². The molecule has 0 bridgehead atoms. The fourth-order valence-corrected chi connectivity index (χ4v) is 3.85. The number of rotatable bonds is 4. The van der Waals surface area contributed by atoms with Crippen molar-refractivity contribution in [2.45, 2.75) is 38.6 Å². The summed E-state index contributed by atoms with van der Waals surface area (Å²) in [5.74, 6) is 0.614. The minimum atomic E-state index is 0.614. The lowest BCUT2D eigenvalue weighted by Crippen LogP contribution is -2.17. The number of aromatic nitrogens is 1. The number of aryl methyl sites for hydroxylation is 2. The largest absolute Gasteiger partial charge is 0.346 e. The predicted octanol–water partition coefficient (Wildman–Crippen LogP) is 4.06. The van der Waals surface area contributed by atoms with Crippen LogP contribution in [0.1, 0.15) is 36.8 Å². The maximum atomic E-state index is 3.73. The van der Waals surface area contributed by atoms with Crippen molar-refractivity contribution in [1.29, 1.82) is 0 Å². The van der Waals surface area contributed by atoms with Gasteiger partial charge in [0.25, 0.3) is 0 Å². The molecular formula is C16H21BrN2.